The first-order valence-electron chi connectivity index (χ1n) is 7.19. The summed E-state index contributed by atoms with van der Waals surface area (Å²) in [6.07, 6.45) is 3.84. The fraction of sp³-hybridized carbons (Fsp3) is 0.714. The third kappa shape index (κ3) is 3.49. The Kier molecular flexibility index (Phi) is 5.24. The van der Waals surface area contributed by atoms with Crippen LogP contribution in [0.4, 0.5) is 11.8 Å². The Balaban J connectivity index is 2.36. The van der Waals surface area contributed by atoms with E-state index in [1.54, 1.807) is 0 Å². The molecule has 1 aromatic heterocycles. The Morgan fingerprint density at radius 3 is 2.47 bits per heavy atom. The molecule has 0 aromatic carbocycles. The Morgan fingerprint density at radius 2 is 1.89 bits per heavy atom. The van der Waals surface area contributed by atoms with Crippen LogP contribution < -0.4 is 10.2 Å². The van der Waals surface area contributed by atoms with Gasteiger partial charge in [-0.25, -0.2) is 4.98 Å². The SMILES string of the molecule is CCNc1nc(N2CCCCC2)nc(C(C)C)c1I. The number of nitrogens with zero attached hydrogens (tertiary/aromatic N) is 3. The molecule has 0 saturated carbocycles. The van der Waals surface area contributed by atoms with E-state index in [1.165, 1.54) is 19.3 Å². The molecule has 0 amide bonds. The second kappa shape index (κ2) is 6.72. The van der Waals surface area contributed by atoms with E-state index in [0.717, 1.165) is 40.7 Å². The van der Waals surface area contributed by atoms with Crippen molar-refractivity contribution in [1.82, 2.24) is 9.97 Å². The molecule has 1 saturated heterocycles. The zero-order chi connectivity index (χ0) is 13.8. The first-order chi connectivity index (χ1) is 9.13. The van der Waals surface area contributed by atoms with Gasteiger partial charge in [-0.2, -0.15) is 4.98 Å². The number of aromatic nitrogens is 2. The summed E-state index contributed by atoms with van der Waals surface area (Å²) in [6, 6.07) is 0. The molecule has 106 valence electrons. The molecule has 1 aliphatic heterocycles. The third-order valence-corrected chi connectivity index (χ3v) is 4.46. The molecule has 0 spiro atoms. The van der Waals surface area contributed by atoms with Crippen LogP contribution in [0.15, 0.2) is 0 Å². The van der Waals surface area contributed by atoms with E-state index >= 15 is 0 Å². The van der Waals surface area contributed by atoms with E-state index in [-0.39, 0.29) is 0 Å². The van der Waals surface area contributed by atoms with Crippen LogP contribution in [0, 0.1) is 3.57 Å². The van der Waals surface area contributed by atoms with E-state index < -0.39 is 0 Å². The van der Waals surface area contributed by atoms with E-state index in [1.807, 2.05) is 0 Å². The second-order valence-electron chi connectivity index (χ2n) is 5.30. The van der Waals surface area contributed by atoms with Crippen LogP contribution in [0.1, 0.15) is 51.6 Å². The Hall–Kier alpha value is -0.590. The highest BCUT2D eigenvalue weighted by Crippen LogP contribution is 2.28. The van der Waals surface area contributed by atoms with Crippen molar-refractivity contribution in [2.75, 3.05) is 29.9 Å². The number of piperidine rings is 1. The van der Waals surface area contributed by atoms with Crippen molar-refractivity contribution in [1.29, 1.82) is 0 Å². The number of hydrogen-bond donors (Lipinski definition) is 1. The van der Waals surface area contributed by atoms with Crippen LogP contribution >= 0.6 is 22.6 Å². The molecule has 19 heavy (non-hydrogen) atoms. The van der Waals surface area contributed by atoms with Crippen molar-refractivity contribution in [2.45, 2.75) is 46.0 Å². The molecule has 0 atom stereocenters. The molecule has 1 aromatic rings. The number of nitrogens with one attached hydrogen (secondary N) is 1. The lowest BCUT2D eigenvalue weighted by molar-refractivity contribution is 0.566. The summed E-state index contributed by atoms with van der Waals surface area (Å²) < 4.78 is 1.16. The Labute approximate surface area is 129 Å². The molecule has 2 heterocycles. The minimum atomic E-state index is 0.427. The first kappa shape index (κ1) is 14.8. The summed E-state index contributed by atoms with van der Waals surface area (Å²) in [5.74, 6) is 2.32. The van der Waals surface area contributed by atoms with Gasteiger partial charge in [0.15, 0.2) is 0 Å². The maximum atomic E-state index is 4.81. The van der Waals surface area contributed by atoms with Gasteiger partial charge in [-0.3, -0.25) is 0 Å². The number of halogens is 1. The van der Waals surface area contributed by atoms with E-state index in [9.17, 15) is 0 Å². The van der Waals surface area contributed by atoms with Gasteiger partial charge in [0.1, 0.15) is 5.82 Å². The summed E-state index contributed by atoms with van der Waals surface area (Å²) in [5.41, 5.74) is 1.16. The number of anilines is 2. The van der Waals surface area contributed by atoms with Crippen molar-refractivity contribution in [3.63, 3.8) is 0 Å². The van der Waals surface area contributed by atoms with Crippen molar-refractivity contribution in [3.05, 3.63) is 9.26 Å². The summed E-state index contributed by atoms with van der Waals surface area (Å²) >= 11 is 2.36. The highest BCUT2D eigenvalue weighted by atomic mass is 127. The molecule has 2 rings (SSSR count). The van der Waals surface area contributed by atoms with Gasteiger partial charge in [0.2, 0.25) is 5.95 Å². The van der Waals surface area contributed by atoms with Crippen LogP contribution in [0.5, 0.6) is 0 Å². The maximum Gasteiger partial charge on any atom is 0.227 e. The lowest BCUT2D eigenvalue weighted by Crippen LogP contribution is -2.31. The van der Waals surface area contributed by atoms with Crippen LogP contribution in [-0.4, -0.2) is 29.6 Å². The summed E-state index contributed by atoms with van der Waals surface area (Å²) in [7, 11) is 0. The highest BCUT2D eigenvalue weighted by Gasteiger charge is 2.19. The molecule has 1 aliphatic rings. The Morgan fingerprint density at radius 1 is 1.21 bits per heavy atom. The van der Waals surface area contributed by atoms with Gasteiger partial charge in [-0.1, -0.05) is 13.8 Å². The van der Waals surface area contributed by atoms with Gasteiger partial charge < -0.3 is 10.2 Å². The fourth-order valence-electron chi connectivity index (χ4n) is 2.35. The Bertz CT molecular complexity index is 428. The van der Waals surface area contributed by atoms with Crippen molar-refractivity contribution >= 4 is 34.4 Å². The minimum absolute atomic E-state index is 0.427. The minimum Gasteiger partial charge on any atom is -0.369 e. The van der Waals surface area contributed by atoms with Crippen LogP contribution in [0.25, 0.3) is 0 Å². The summed E-state index contributed by atoms with van der Waals surface area (Å²) in [6.45, 7) is 9.56. The second-order valence-corrected chi connectivity index (χ2v) is 6.38. The van der Waals surface area contributed by atoms with E-state index in [2.05, 4.69) is 53.6 Å². The molecule has 0 bridgehead atoms. The van der Waals surface area contributed by atoms with Crippen molar-refractivity contribution in [2.24, 2.45) is 0 Å². The van der Waals surface area contributed by atoms with Gasteiger partial charge >= 0.3 is 0 Å². The summed E-state index contributed by atoms with van der Waals surface area (Å²) in [4.78, 5) is 11.9. The first-order valence-corrected chi connectivity index (χ1v) is 8.27. The zero-order valence-electron chi connectivity index (χ0n) is 12.0. The number of hydrogen-bond acceptors (Lipinski definition) is 4. The normalized spacial score (nSPS) is 15.9. The molecule has 0 aliphatic carbocycles. The third-order valence-electron chi connectivity index (χ3n) is 3.40. The van der Waals surface area contributed by atoms with Crippen LogP contribution in [-0.2, 0) is 0 Å². The lowest BCUT2D eigenvalue weighted by atomic mass is 10.1. The largest absolute Gasteiger partial charge is 0.369 e. The average Bonchev–Trinajstić information content (AvgIpc) is 2.42. The molecule has 5 heteroatoms. The topological polar surface area (TPSA) is 41.1 Å². The van der Waals surface area contributed by atoms with Gasteiger partial charge in [-0.15, -0.1) is 0 Å². The standard InChI is InChI=1S/C14H23IN4/c1-4-16-13-11(15)12(10(2)3)17-14(18-13)19-8-6-5-7-9-19/h10H,4-9H2,1-3H3,(H,16,17,18). The predicted molar refractivity (Wildman–Crippen MR) is 89.1 cm³/mol. The van der Waals surface area contributed by atoms with Gasteiger partial charge in [-0.05, 0) is 54.7 Å². The molecule has 1 N–H and O–H groups in total. The number of rotatable bonds is 4. The molecule has 1 fully saturated rings. The van der Waals surface area contributed by atoms with Crippen LogP contribution in [0.2, 0.25) is 0 Å². The lowest BCUT2D eigenvalue weighted by Gasteiger charge is -2.28. The molecule has 0 unspecified atom stereocenters. The maximum absolute atomic E-state index is 4.81. The van der Waals surface area contributed by atoms with Gasteiger partial charge in [0, 0.05) is 19.6 Å². The molecule has 4 nitrogen and oxygen atoms in total. The van der Waals surface area contributed by atoms with Crippen molar-refractivity contribution in [3.8, 4) is 0 Å². The molecular formula is C14H23IN4. The van der Waals surface area contributed by atoms with E-state index in [0.29, 0.717) is 5.92 Å². The van der Waals surface area contributed by atoms with Crippen LogP contribution in [0.3, 0.4) is 0 Å². The monoisotopic (exact) mass is 374 g/mol. The summed E-state index contributed by atoms with van der Waals surface area (Å²) in [5, 5.41) is 3.37. The van der Waals surface area contributed by atoms with Crippen molar-refractivity contribution < 1.29 is 0 Å². The zero-order valence-corrected chi connectivity index (χ0v) is 14.2. The van der Waals surface area contributed by atoms with E-state index in [4.69, 9.17) is 9.97 Å². The smallest absolute Gasteiger partial charge is 0.227 e. The molecular weight excluding hydrogens is 351 g/mol. The van der Waals surface area contributed by atoms with Gasteiger partial charge in [0.25, 0.3) is 0 Å². The fourth-order valence-corrected chi connectivity index (χ4v) is 3.41. The molecule has 0 radical (unpaired) electrons. The predicted octanol–water partition coefficient (Wildman–Crippen LogP) is 3.63. The van der Waals surface area contributed by atoms with Gasteiger partial charge in [0.05, 0.1) is 9.26 Å². The highest BCUT2D eigenvalue weighted by molar-refractivity contribution is 14.1. The average molecular weight is 374 g/mol. The quantitative estimate of drug-likeness (QED) is 0.818.